The van der Waals surface area contributed by atoms with Gasteiger partial charge in [-0.15, -0.1) is 0 Å². The van der Waals surface area contributed by atoms with E-state index in [2.05, 4.69) is 29.2 Å². The highest BCUT2D eigenvalue weighted by Crippen LogP contribution is 2.24. The van der Waals surface area contributed by atoms with Crippen molar-refractivity contribution in [3.8, 4) is 0 Å². The zero-order valence-electron chi connectivity index (χ0n) is 11.5. The summed E-state index contributed by atoms with van der Waals surface area (Å²) in [5.74, 6) is -0.291. The summed E-state index contributed by atoms with van der Waals surface area (Å²) in [5.41, 5.74) is 4.56. The summed E-state index contributed by atoms with van der Waals surface area (Å²) < 4.78 is 4.72. The molecule has 20 heavy (non-hydrogen) atoms. The van der Waals surface area contributed by atoms with Gasteiger partial charge in [0.15, 0.2) is 0 Å². The lowest BCUT2D eigenvalue weighted by Gasteiger charge is -2.30. The van der Waals surface area contributed by atoms with Gasteiger partial charge in [-0.25, -0.2) is 4.79 Å². The van der Waals surface area contributed by atoms with Crippen LogP contribution in [0.3, 0.4) is 0 Å². The molecule has 1 aliphatic heterocycles. The van der Waals surface area contributed by atoms with Gasteiger partial charge in [-0.3, -0.25) is 0 Å². The first-order valence-corrected chi connectivity index (χ1v) is 6.78. The maximum absolute atomic E-state index is 11.4. The smallest absolute Gasteiger partial charge is 0.337 e. The number of methoxy groups -OCH3 is 1. The number of carbonyl (C=O) groups excluding carboxylic acids is 1. The average Bonchev–Trinajstić information content (AvgIpc) is 2.54. The fourth-order valence-electron chi connectivity index (χ4n) is 2.64. The lowest BCUT2D eigenvalue weighted by Crippen LogP contribution is -2.30. The molecule has 2 aromatic rings. The van der Waals surface area contributed by atoms with Gasteiger partial charge in [0.1, 0.15) is 0 Å². The molecule has 0 radical (unpaired) electrons. The van der Waals surface area contributed by atoms with Crippen molar-refractivity contribution in [1.82, 2.24) is 0 Å². The second kappa shape index (κ2) is 5.37. The zero-order chi connectivity index (χ0) is 13.9. The van der Waals surface area contributed by atoms with Gasteiger partial charge in [-0.2, -0.15) is 0 Å². The first kappa shape index (κ1) is 12.7. The molecule has 102 valence electrons. The number of esters is 1. The highest BCUT2D eigenvalue weighted by Gasteiger charge is 2.16. The molecule has 1 heterocycles. The minimum absolute atomic E-state index is 0.291. The molecular weight excluding hydrogens is 250 g/mol. The molecule has 0 bridgehead atoms. The Morgan fingerprint density at radius 2 is 1.75 bits per heavy atom. The minimum atomic E-state index is -0.291. The van der Waals surface area contributed by atoms with E-state index in [0.29, 0.717) is 5.56 Å². The van der Waals surface area contributed by atoms with Crippen LogP contribution in [0.5, 0.6) is 0 Å². The number of nitrogens with zero attached hydrogens (tertiary/aromatic N) is 1. The van der Waals surface area contributed by atoms with Crippen molar-refractivity contribution in [3.05, 3.63) is 65.2 Å². The second-order valence-corrected chi connectivity index (χ2v) is 4.98. The van der Waals surface area contributed by atoms with Gasteiger partial charge in [0.05, 0.1) is 12.7 Å². The molecule has 0 amide bonds. The maximum Gasteiger partial charge on any atom is 0.337 e. The van der Waals surface area contributed by atoms with Gasteiger partial charge < -0.3 is 9.64 Å². The molecule has 3 rings (SSSR count). The minimum Gasteiger partial charge on any atom is -0.465 e. The fraction of sp³-hybridized carbons (Fsp3) is 0.235. The molecule has 0 atom stereocenters. The van der Waals surface area contributed by atoms with E-state index in [4.69, 9.17) is 4.74 Å². The molecule has 0 aliphatic carbocycles. The quantitative estimate of drug-likeness (QED) is 0.783. The van der Waals surface area contributed by atoms with Gasteiger partial charge in [-0.05, 0) is 41.8 Å². The monoisotopic (exact) mass is 267 g/mol. The van der Waals surface area contributed by atoms with E-state index in [1.165, 1.54) is 18.2 Å². The van der Waals surface area contributed by atoms with Crippen LogP contribution < -0.4 is 4.90 Å². The van der Waals surface area contributed by atoms with Gasteiger partial charge in [0.25, 0.3) is 0 Å². The Hall–Kier alpha value is -2.29. The summed E-state index contributed by atoms with van der Waals surface area (Å²) in [6.07, 6.45) is 1.06. The predicted molar refractivity (Wildman–Crippen MR) is 79.0 cm³/mol. The van der Waals surface area contributed by atoms with Crippen LogP contribution in [0.25, 0.3) is 0 Å². The standard InChI is InChI=1S/C17H17NO2/c1-20-17(19)14-6-8-16(9-7-14)18-11-10-13-4-2-3-5-15(13)12-18/h2-9H,10-12H2,1H3. The van der Waals surface area contributed by atoms with Crippen LogP contribution in [-0.4, -0.2) is 19.6 Å². The summed E-state index contributed by atoms with van der Waals surface area (Å²) in [4.78, 5) is 13.8. The molecule has 1 aliphatic rings. The third kappa shape index (κ3) is 2.39. The van der Waals surface area contributed by atoms with Crippen molar-refractivity contribution in [2.24, 2.45) is 0 Å². The van der Waals surface area contributed by atoms with Crippen LogP contribution >= 0.6 is 0 Å². The van der Waals surface area contributed by atoms with Gasteiger partial charge >= 0.3 is 5.97 Å². The molecule has 0 unspecified atom stereocenters. The number of anilines is 1. The Labute approximate surface area is 118 Å². The lowest BCUT2D eigenvalue weighted by atomic mass is 9.99. The molecular formula is C17H17NO2. The highest BCUT2D eigenvalue weighted by atomic mass is 16.5. The molecule has 3 nitrogen and oxygen atoms in total. The molecule has 0 N–H and O–H groups in total. The van der Waals surface area contributed by atoms with E-state index < -0.39 is 0 Å². The second-order valence-electron chi connectivity index (χ2n) is 4.98. The van der Waals surface area contributed by atoms with Crippen molar-refractivity contribution < 1.29 is 9.53 Å². The summed E-state index contributed by atoms with van der Waals surface area (Å²) in [5, 5.41) is 0. The number of rotatable bonds is 2. The summed E-state index contributed by atoms with van der Waals surface area (Å²) in [7, 11) is 1.40. The summed E-state index contributed by atoms with van der Waals surface area (Å²) in [6.45, 7) is 1.93. The van der Waals surface area contributed by atoms with Crippen LogP contribution in [0.15, 0.2) is 48.5 Å². The Morgan fingerprint density at radius 1 is 1.05 bits per heavy atom. The summed E-state index contributed by atoms with van der Waals surface area (Å²) >= 11 is 0. The van der Waals surface area contributed by atoms with E-state index >= 15 is 0 Å². The van der Waals surface area contributed by atoms with Crippen LogP contribution in [-0.2, 0) is 17.7 Å². The lowest BCUT2D eigenvalue weighted by molar-refractivity contribution is 0.0601. The Kier molecular flexibility index (Phi) is 3.42. The first-order chi connectivity index (χ1) is 9.78. The predicted octanol–water partition coefficient (Wildman–Crippen LogP) is 3.04. The fourth-order valence-corrected chi connectivity index (χ4v) is 2.64. The Bertz CT molecular complexity index is 619. The molecule has 0 fully saturated rings. The number of hydrogen-bond acceptors (Lipinski definition) is 3. The van der Waals surface area contributed by atoms with Crippen molar-refractivity contribution in [1.29, 1.82) is 0 Å². The first-order valence-electron chi connectivity index (χ1n) is 6.78. The zero-order valence-corrected chi connectivity index (χ0v) is 11.5. The molecule has 0 saturated carbocycles. The molecule has 3 heteroatoms. The van der Waals surface area contributed by atoms with Crippen molar-refractivity contribution in [2.75, 3.05) is 18.6 Å². The van der Waals surface area contributed by atoms with Gasteiger partial charge in [0.2, 0.25) is 0 Å². The number of ether oxygens (including phenoxy) is 1. The Balaban J connectivity index is 1.79. The van der Waals surface area contributed by atoms with E-state index in [1.807, 2.05) is 24.3 Å². The van der Waals surface area contributed by atoms with E-state index in [-0.39, 0.29) is 5.97 Å². The molecule has 0 aromatic heterocycles. The number of fused-ring (bicyclic) bond motifs is 1. The van der Waals surface area contributed by atoms with Crippen molar-refractivity contribution in [2.45, 2.75) is 13.0 Å². The third-order valence-electron chi connectivity index (χ3n) is 3.78. The third-order valence-corrected chi connectivity index (χ3v) is 3.78. The molecule has 2 aromatic carbocycles. The topological polar surface area (TPSA) is 29.5 Å². The number of benzene rings is 2. The van der Waals surface area contributed by atoms with Crippen LogP contribution in [0.4, 0.5) is 5.69 Å². The van der Waals surface area contributed by atoms with Crippen molar-refractivity contribution in [3.63, 3.8) is 0 Å². The maximum atomic E-state index is 11.4. The SMILES string of the molecule is COC(=O)c1ccc(N2CCc3ccccc3C2)cc1. The van der Waals surface area contributed by atoms with Crippen LogP contribution in [0.2, 0.25) is 0 Å². The number of carbonyl (C=O) groups is 1. The van der Waals surface area contributed by atoms with E-state index in [1.54, 1.807) is 0 Å². The van der Waals surface area contributed by atoms with E-state index in [0.717, 1.165) is 25.2 Å². The molecule has 0 saturated heterocycles. The largest absolute Gasteiger partial charge is 0.465 e. The molecule has 0 spiro atoms. The number of hydrogen-bond donors (Lipinski definition) is 0. The summed E-state index contributed by atoms with van der Waals surface area (Å²) in [6, 6.07) is 16.2. The van der Waals surface area contributed by atoms with Crippen LogP contribution in [0.1, 0.15) is 21.5 Å². The highest BCUT2D eigenvalue weighted by molar-refractivity contribution is 5.89. The average molecular weight is 267 g/mol. The van der Waals surface area contributed by atoms with Crippen LogP contribution in [0, 0.1) is 0 Å². The normalized spacial score (nSPS) is 13.8. The Morgan fingerprint density at radius 3 is 2.45 bits per heavy atom. The van der Waals surface area contributed by atoms with Crippen molar-refractivity contribution >= 4 is 11.7 Å². The van der Waals surface area contributed by atoms with E-state index in [9.17, 15) is 4.79 Å². The van der Waals surface area contributed by atoms with Gasteiger partial charge in [-0.1, -0.05) is 24.3 Å². The van der Waals surface area contributed by atoms with Gasteiger partial charge in [0, 0.05) is 18.8 Å².